The fourth-order valence-electron chi connectivity index (χ4n) is 4.15. The number of para-hydroxylation sites is 2. The van der Waals surface area contributed by atoms with Crippen LogP contribution in [0.2, 0.25) is 0 Å². The zero-order chi connectivity index (χ0) is 21.9. The van der Waals surface area contributed by atoms with E-state index in [9.17, 15) is 4.79 Å². The molecule has 1 amide bonds. The van der Waals surface area contributed by atoms with E-state index < -0.39 is 0 Å². The lowest BCUT2D eigenvalue weighted by molar-refractivity contribution is -0.112. The molecule has 0 unspecified atom stereocenters. The van der Waals surface area contributed by atoms with Crippen LogP contribution >= 0.6 is 0 Å². The van der Waals surface area contributed by atoms with E-state index in [-0.39, 0.29) is 5.91 Å². The Morgan fingerprint density at radius 2 is 1.50 bits per heavy atom. The first kappa shape index (κ1) is 20.0. The van der Waals surface area contributed by atoms with E-state index in [1.807, 2.05) is 91.0 Å². The second kappa shape index (κ2) is 8.69. The maximum absolute atomic E-state index is 13.6. The molecule has 0 atom stereocenters. The lowest BCUT2D eigenvalue weighted by atomic mass is 9.99. The number of nitrogens with zero attached hydrogens (tertiary/aromatic N) is 1. The van der Waals surface area contributed by atoms with Crippen LogP contribution in [0.3, 0.4) is 0 Å². The first-order valence-corrected chi connectivity index (χ1v) is 10.6. The summed E-state index contributed by atoms with van der Waals surface area (Å²) in [6.07, 6.45) is 1.99. The lowest BCUT2D eigenvalue weighted by Gasteiger charge is -2.16. The summed E-state index contributed by atoms with van der Waals surface area (Å²) in [5, 5.41) is 2.05. The first-order chi connectivity index (χ1) is 15.8. The highest BCUT2D eigenvalue weighted by molar-refractivity contribution is 6.38. The Morgan fingerprint density at radius 1 is 0.781 bits per heavy atom. The summed E-state index contributed by atoms with van der Waals surface area (Å²) in [5.74, 6) is 0.783. The Kier molecular flexibility index (Phi) is 5.44. The van der Waals surface area contributed by atoms with Gasteiger partial charge in [0.1, 0.15) is 12.4 Å². The van der Waals surface area contributed by atoms with Crippen LogP contribution in [-0.4, -0.2) is 26.2 Å². The standard InChI is InChI=1S/C28H23NO3/c1-31-17-18-32-27-16-15-20(22-11-5-6-13-24(22)27)19-25-23-12-7-8-14-26(23)29(28(25)30)21-9-3-2-4-10-21/h2-16,19H,17-18H2,1H3/b25-19+. The summed E-state index contributed by atoms with van der Waals surface area (Å²) in [6, 6.07) is 29.8. The fraction of sp³-hybridized carbons (Fsp3) is 0.107. The van der Waals surface area contributed by atoms with Crippen molar-refractivity contribution in [3.05, 3.63) is 102 Å². The van der Waals surface area contributed by atoms with E-state index in [4.69, 9.17) is 9.47 Å². The van der Waals surface area contributed by atoms with Crippen LogP contribution in [-0.2, 0) is 9.53 Å². The molecule has 1 heterocycles. The van der Waals surface area contributed by atoms with E-state index in [2.05, 4.69) is 6.07 Å². The fourth-order valence-corrected chi connectivity index (χ4v) is 4.15. The minimum Gasteiger partial charge on any atom is -0.491 e. The quantitative estimate of drug-likeness (QED) is 0.280. The normalized spacial score (nSPS) is 14.2. The Bertz CT molecular complexity index is 1310. The van der Waals surface area contributed by atoms with Crippen molar-refractivity contribution in [1.29, 1.82) is 0 Å². The number of methoxy groups -OCH3 is 1. The molecule has 0 spiro atoms. The van der Waals surface area contributed by atoms with Crippen molar-refractivity contribution in [2.24, 2.45) is 0 Å². The summed E-state index contributed by atoms with van der Waals surface area (Å²) in [7, 11) is 1.66. The summed E-state index contributed by atoms with van der Waals surface area (Å²) in [5.41, 5.74) is 4.36. The van der Waals surface area contributed by atoms with Crippen molar-refractivity contribution in [1.82, 2.24) is 0 Å². The van der Waals surface area contributed by atoms with Crippen LogP contribution in [0.1, 0.15) is 11.1 Å². The SMILES string of the molecule is COCCOc1ccc(/C=C2/C(=O)N(c3ccccc3)c3ccccc32)c2ccccc12. The highest BCUT2D eigenvalue weighted by atomic mass is 16.5. The summed E-state index contributed by atoms with van der Waals surface area (Å²) in [6.45, 7) is 1.01. The third-order valence-corrected chi connectivity index (χ3v) is 5.65. The number of ether oxygens (including phenoxy) is 2. The molecule has 0 radical (unpaired) electrons. The predicted octanol–water partition coefficient (Wildman–Crippen LogP) is 6.08. The molecule has 0 aromatic heterocycles. The van der Waals surface area contributed by atoms with Gasteiger partial charge in [0.15, 0.2) is 0 Å². The highest BCUT2D eigenvalue weighted by Crippen LogP contribution is 2.42. The molecule has 1 aliphatic heterocycles. The number of benzene rings is 4. The molecule has 5 rings (SSSR count). The lowest BCUT2D eigenvalue weighted by Crippen LogP contribution is -2.20. The molecule has 0 N–H and O–H groups in total. The number of rotatable bonds is 6. The second-order valence-electron chi connectivity index (χ2n) is 7.59. The smallest absolute Gasteiger partial charge is 0.263 e. The molecule has 0 aliphatic carbocycles. The van der Waals surface area contributed by atoms with Gasteiger partial charge in [0.25, 0.3) is 5.91 Å². The zero-order valence-electron chi connectivity index (χ0n) is 17.8. The topological polar surface area (TPSA) is 38.8 Å². The van der Waals surface area contributed by atoms with Gasteiger partial charge in [-0.05, 0) is 41.3 Å². The van der Waals surface area contributed by atoms with Crippen LogP contribution in [0.5, 0.6) is 5.75 Å². The van der Waals surface area contributed by atoms with Crippen molar-refractivity contribution in [3.63, 3.8) is 0 Å². The van der Waals surface area contributed by atoms with Crippen molar-refractivity contribution in [2.75, 3.05) is 25.2 Å². The van der Waals surface area contributed by atoms with Gasteiger partial charge in [-0.25, -0.2) is 0 Å². The maximum atomic E-state index is 13.6. The number of carbonyl (C=O) groups is 1. The van der Waals surface area contributed by atoms with Crippen LogP contribution in [0, 0.1) is 0 Å². The van der Waals surface area contributed by atoms with Crippen LogP contribution < -0.4 is 9.64 Å². The molecular weight excluding hydrogens is 398 g/mol. The summed E-state index contributed by atoms with van der Waals surface area (Å²) < 4.78 is 11.0. The largest absolute Gasteiger partial charge is 0.491 e. The predicted molar refractivity (Wildman–Crippen MR) is 129 cm³/mol. The second-order valence-corrected chi connectivity index (χ2v) is 7.59. The van der Waals surface area contributed by atoms with E-state index in [0.717, 1.165) is 39.0 Å². The van der Waals surface area contributed by atoms with Crippen molar-refractivity contribution < 1.29 is 14.3 Å². The number of amides is 1. The molecular formula is C28H23NO3. The van der Waals surface area contributed by atoms with Gasteiger partial charge in [0.2, 0.25) is 0 Å². The minimum absolute atomic E-state index is 0.0260. The monoisotopic (exact) mass is 421 g/mol. The van der Waals surface area contributed by atoms with Gasteiger partial charge in [-0.15, -0.1) is 0 Å². The molecule has 158 valence electrons. The third kappa shape index (κ3) is 3.55. The van der Waals surface area contributed by atoms with Crippen molar-refractivity contribution in [3.8, 4) is 5.75 Å². The molecule has 0 bridgehead atoms. The van der Waals surface area contributed by atoms with E-state index >= 15 is 0 Å². The van der Waals surface area contributed by atoms with E-state index in [1.165, 1.54) is 0 Å². The minimum atomic E-state index is -0.0260. The van der Waals surface area contributed by atoms with Crippen molar-refractivity contribution >= 4 is 39.7 Å². The van der Waals surface area contributed by atoms with E-state index in [0.29, 0.717) is 18.8 Å². The van der Waals surface area contributed by atoms with Crippen LogP contribution in [0.4, 0.5) is 11.4 Å². The zero-order valence-corrected chi connectivity index (χ0v) is 17.8. The highest BCUT2D eigenvalue weighted by Gasteiger charge is 2.33. The molecule has 0 fully saturated rings. The Balaban J connectivity index is 1.61. The molecule has 1 aliphatic rings. The summed E-state index contributed by atoms with van der Waals surface area (Å²) in [4.78, 5) is 15.3. The molecule has 4 aromatic rings. The van der Waals surface area contributed by atoms with Crippen LogP contribution in [0.25, 0.3) is 22.4 Å². The van der Waals surface area contributed by atoms with Gasteiger partial charge in [-0.1, -0.05) is 66.7 Å². The summed E-state index contributed by atoms with van der Waals surface area (Å²) >= 11 is 0. The Morgan fingerprint density at radius 3 is 2.31 bits per heavy atom. The molecule has 4 aromatic carbocycles. The molecule has 4 nitrogen and oxygen atoms in total. The van der Waals surface area contributed by atoms with Crippen molar-refractivity contribution in [2.45, 2.75) is 0 Å². The maximum Gasteiger partial charge on any atom is 0.263 e. The molecule has 0 saturated carbocycles. The first-order valence-electron chi connectivity index (χ1n) is 10.6. The van der Waals surface area contributed by atoms with Gasteiger partial charge in [-0.3, -0.25) is 9.69 Å². The Hall–Kier alpha value is -3.89. The number of carbonyl (C=O) groups excluding carboxylic acids is 1. The average Bonchev–Trinajstić information content (AvgIpc) is 3.12. The molecule has 4 heteroatoms. The number of fused-ring (bicyclic) bond motifs is 2. The van der Waals surface area contributed by atoms with Gasteiger partial charge in [0, 0.05) is 23.7 Å². The van der Waals surface area contributed by atoms with E-state index in [1.54, 1.807) is 12.0 Å². The average molecular weight is 421 g/mol. The van der Waals surface area contributed by atoms with Gasteiger partial charge in [0.05, 0.1) is 17.9 Å². The van der Waals surface area contributed by atoms with Gasteiger partial charge >= 0.3 is 0 Å². The Labute approximate surface area is 187 Å². The van der Waals surface area contributed by atoms with Gasteiger partial charge in [-0.2, -0.15) is 0 Å². The van der Waals surface area contributed by atoms with Gasteiger partial charge < -0.3 is 9.47 Å². The van der Waals surface area contributed by atoms with Crippen LogP contribution in [0.15, 0.2) is 91.0 Å². The number of hydrogen-bond donors (Lipinski definition) is 0. The molecule has 32 heavy (non-hydrogen) atoms. The third-order valence-electron chi connectivity index (χ3n) is 5.65. The number of hydrogen-bond acceptors (Lipinski definition) is 3. The molecule has 0 saturated heterocycles. The number of anilines is 2.